The number of hydrogen-bond donors (Lipinski definition) is 3. The maximum Gasteiger partial charge on any atom is 0.308 e. The second-order valence-electron chi connectivity index (χ2n) is 8.70. The highest BCUT2D eigenvalue weighted by Crippen LogP contribution is 2.33. The van der Waals surface area contributed by atoms with Gasteiger partial charge in [0.1, 0.15) is 5.84 Å². The van der Waals surface area contributed by atoms with E-state index >= 15 is 0 Å². The minimum Gasteiger partial charge on any atom is -0.481 e. The number of piperidine rings is 1. The highest BCUT2D eigenvalue weighted by Gasteiger charge is 2.27. The van der Waals surface area contributed by atoms with Crippen LogP contribution in [0.4, 0.5) is 11.4 Å². The number of nitrogens with one attached hydrogen (secondary N) is 1. The summed E-state index contributed by atoms with van der Waals surface area (Å²) < 4.78 is 0. The topological polar surface area (TPSA) is 111 Å². The first kappa shape index (κ1) is 21.9. The molecule has 2 aliphatic heterocycles. The minimum absolute atomic E-state index is 0.0416. The minimum atomic E-state index is -0.722. The Bertz CT molecular complexity index is 1020. The van der Waals surface area contributed by atoms with Gasteiger partial charge in [-0.2, -0.15) is 0 Å². The Morgan fingerprint density at radius 3 is 2.59 bits per heavy atom. The molecule has 4 N–H and O–H groups in total. The van der Waals surface area contributed by atoms with E-state index in [0.29, 0.717) is 24.9 Å². The standard InChI is InChI=1S/C25H30N4O3/c26-24(27)18-8-5-17(6-9-18)7-12-23(30)29-14-2-3-19-15-21(10-11-22(19)29)28-13-1-4-20(16-28)25(31)32/h5-6,8-11,15,20H,1-4,7,12-14,16H2,(H3,26,27)(H,31,32). The van der Waals surface area contributed by atoms with Crippen LogP contribution in [0.2, 0.25) is 0 Å². The van der Waals surface area contributed by atoms with E-state index in [1.165, 1.54) is 0 Å². The van der Waals surface area contributed by atoms with Crippen LogP contribution in [0.1, 0.15) is 42.4 Å². The van der Waals surface area contributed by atoms with Gasteiger partial charge in [0.2, 0.25) is 5.91 Å². The van der Waals surface area contributed by atoms with Gasteiger partial charge in [0.25, 0.3) is 0 Å². The number of nitrogens with zero attached hydrogens (tertiary/aromatic N) is 2. The number of aryl methyl sites for hydroxylation is 2. The number of carbonyl (C=O) groups is 2. The van der Waals surface area contributed by atoms with Crippen molar-refractivity contribution in [1.82, 2.24) is 0 Å². The summed E-state index contributed by atoms with van der Waals surface area (Å²) in [5.41, 5.74) is 10.4. The molecular weight excluding hydrogens is 404 g/mol. The van der Waals surface area contributed by atoms with E-state index < -0.39 is 5.97 Å². The van der Waals surface area contributed by atoms with Gasteiger partial charge in [-0.1, -0.05) is 24.3 Å². The van der Waals surface area contributed by atoms with Crippen LogP contribution in [0.3, 0.4) is 0 Å². The van der Waals surface area contributed by atoms with Crippen molar-refractivity contribution in [2.24, 2.45) is 11.7 Å². The van der Waals surface area contributed by atoms with Gasteiger partial charge in [0, 0.05) is 43.0 Å². The molecule has 2 aromatic rings. The van der Waals surface area contributed by atoms with Crippen LogP contribution in [0.15, 0.2) is 42.5 Å². The fourth-order valence-corrected chi connectivity index (χ4v) is 4.69. The molecule has 0 radical (unpaired) electrons. The van der Waals surface area contributed by atoms with Crippen LogP contribution in [0.5, 0.6) is 0 Å². The lowest BCUT2D eigenvalue weighted by molar-refractivity contribution is -0.142. The lowest BCUT2D eigenvalue weighted by atomic mass is 9.96. The van der Waals surface area contributed by atoms with E-state index in [2.05, 4.69) is 11.0 Å². The molecule has 1 amide bonds. The van der Waals surface area contributed by atoms with Crippen molar-refractivity contribution in [2.75, 3.05) is 29.4 Å². The van der Waals surface area contributed by atoms with Crippen molar-refractivity contribution < 1.29 is 14.7 Å². The molecule has 32 heavy (non-hydrogen) atoms. The Labute approximate surface area is 188 Å². The third-order valence-corrected chi connectivity index (χ3v) is 6.51. The third kappa shape index (κ3) is 4.77. The van der Waals surface area contributed by atoms with Gasteiger partial charge in [-0.3, -0.25) is 15.0 Å². The van der Waals surface area contributed by atoms with Gasteiger partial charge >= 0.3 is 5.97 Å². The molecule has 1 fully saturated rings. The number of carbonyl (C=O) groups excluding carboxylic acids is 1. The Morgan fingerprint density at radius 1 is 1.09 bits per heavy atom. The predicted molar refractivity (Wildman–Crippen MR) is 125 cm³/mol. The molecule has 7 nitrogen and oxygen atoms in total. The second-order valence-corrected chi connectivity index (χ2v) is 8.70. The molecule has 1 saturated heterocycles. The Kier molecular flexibility index (Phi) is 6.44. The lowest BCUT2D eigenvalue weighted by Crippen LogP contribution is -2.39. The summed E-state index contributed by atoms with van der Waals surface area (Å²) in [4.78, 5) is 28.5. The normalized spacial score (nSPS) is 18.2. The quantitative estimate of drug-likeness (QED) is 0.478. The third-order valence-electron chi connectivity index (χ3n) is 6.51. The van der Waals surface area contributed by atoms with Gasteiger partial charge in [-0.15, -0.1) is 0 Å². The van der Waals surface area contributed by atoms with Crippen molar-refractivity contribution in [2.45, 2.75) is 38.5 Å². The van der Waals surface area contributed by atoms with Gasteiger partial charge in [-0.05, 0) is 61.4 Å². The molecule has 2 aromatic carbocycles. The van der Waals surface area contributed by atoms with E-state index in [1.807, 2.05) is 41.3 Å². The number of amides is 1. The zero-order valence-corrected chi connectivity index (χ0v) is 18.2. The first-order valence-electron chi connectivity index (χ1n) is 11.3. The number of hydrogen-bond acceptors (Lipinski definition) is 4. The van der Waals surface area contributed by atoms with Gasteiger partial charge in [0.05, 0.1) is 5.92 Å². The number of rotatable bonds is 6. The van der Waals surface area contributed by atoms with E-state index in [4.69, 9.17) is 11.1 Å². The molecule has 0 bridgehead atoms. The maximum atomic E-state index is 13.0. The molecule has 1 atom stereocenters. The SMILES string of the molecule is N=C(N)c1ccc(CCC(=O)N2CCCc3cc(N4CCCC(C(=O)O)C4)ccc32)cc1. The Balaban J connectivity index is 1.43. The lowest BCUT2D eigenvalue weighted by Gasteiger charge is -2.35. The van der Waals surface area contributed by atoms with Crippen molar-refractivity contribution in [1.29, 1.82) is 5.41 Å². The van der Waals surface area contributed by atoms with Crippen LogP contribution in [0.25, 0.3) is 0 Å². The smallest absolute Gasteiger partial charge is 0.308 e. The Morgan fingerprint density at radius 2 is 1.88 bits per heavy atom. The number of amidine groups is 1. The zero-order chi connectivity index (χ0) is 22.7. The van der Waals surface area contributed by atoms with Crippen LogP contribution in [-0.4, -0.2) is 42.5 Å². The van der Waals surface area contributed by atoms with E-state index in [-0.39, 0.29) is 17.7 Å². The summed E-state index contributed by atoms with van der Waals surface area (Å²) in [6.07, 6.45) is 4.53. The maximum absolute atomic E-state index is 13.0. The molecule has 0 spiro atoms. The molecule has 2 aliphatic rings. The summed E-state index contributed by atoms with van der Waals surface area (Å²) in [6, 6.07) is 13.7. The van der Waals surface area contributed by atoms with E-state index in [1.54, 1.807) is 0 Å². The average Bonchev–Trinajstić information content (AvgIpc) is 2.82. The fraction of sp³-hybridized carbons (Fsp3) is 0.400. The molecule has 4 rings (SSSR count). The summed E-state index contributed by atoms with van der Waals surface area (Å²) in [5, 5.41) is 16.9. The van der Waals surface area contributed by atoms with Crippen molar-refractivity contribution in [3.8, 4) is 0 Å². The predicted octanol–water partition coefficient (Wildman–Crippen LogP) is 3.18. The van der Waals surface area contributed by atoms with Crippen molar-refractivity contribution in [3.63, 3.8) is 0 Å². The molecule has 2 heterocycles. The first-order valence-corrected chi connectivity index (χ1v) is 11.3. The molecule has 7 heteroatoms. The van der Waals surface area contributed by atoms with E-state index in [9.17, 15) is 14.7 Å². The molecule has 1 unspecified atom stereocenters. The van der Waals surface area contributed by atoms with Gasteiger partial charge < -0.3 is 20.6 Å². The van der Waals surface area contributed by atoms with Crippen molar-refractivity contribution in [3.05, 3.63) is 59.2 Å². The van der Waals surface area contributed by atoms with E-state index in [0.717, 1.165) is 61.3 Å². The molecule has 168 valence electrons. The number of benzene rings is 2. The summed E-state index contributed by atoms with van der Waals surface area (Å²) >= 11 is 0. The first-order chi connectivity index (χ1) is 15.4. The molecule has 0 aliphatic carbocycles. The van der Waals surface area contributed by atoms with Crippen molar-refractivity contribution >= 4 is 29.1 Å². The van der Waals surface area contributed by atoms with Gasteiger partial charge in [0.15, 0.2) is 0 Å². The van der Waals surface area contributed by atoms with Crippen LogP contribution < -0.4 is 15.5 Å². The molecular formula is C25H30N4O3. The molecule has 0 aromatic heterocycles. The largest absolute Gasteiger partial charge is 0.481 e. The monoisotopic (exact) mass is 434 g/mol. The second kappa shape index (κ2) is 9.42. The summed E-state index contributed by atoms with van der Waals surface area (Å²) in [6.45, 7) is 2.13. The van der Waals surface area contributed by atoms with Gasteiger partial charge in [-0.25, -0.2) is 0 Å². The highest BCUT2D eigenvalue weighted by atomic mass is 16.4. The number of carboxylic acids is 1. The van der Waals surface area contributed by atoms with Crippen LogP contribution >= 0.6 is 0 Å². The fourth-order valence-electron chi connectivity index (χ4n) is 4.69. The molecule has 0 saturated carbocycles. The summed E-state index contributed by atoms with van der Waals surface area (Å²) in [5.74, 6) is -0.888. The number of aliphatic carboxylic acids is 1. The Hall–Kier alpha value is -3.35. The average molecular weight is 435 g/mol. The number of fused-ring (bicyclic) bond motifs is 1. The van der Waals surface area contributed by atoms with Crippen LogP contribution in [0, 0.1) is 11.3 Å². The number of carboxylic acid groups (broad SMARTS) is 1. The number of anilines is 2. The number of nitrogen functional groups attached to an aromatic ring is 1. The summed E-state index contributed by atoms with van der Waals surface area (Å²) in [7, 11) is 0. The van der Waals surface area contributed by atoms with Crippen LogP contribution in [-0.2, 0) is 22.4 Å². The highest BCUT2D eigenvalue weighted by molar-refractivity contribution is 5.95. The number of nitrogens with two attached hydrogens (primary N) is 1. The zero-order valence-electron chi connectivity index (χ0n) is 18.2.